The van der Waals surface area contributed by atoms with Crippen LogP contribution in [0.1, 0.15) is 20.7 Å². The van der Waals surface area contributed by atoms with Gasteiger partial charge in [0.05, 0.1) is 11.1 Å². The zero-order valence-corrected chi connectivity index (χ0v) is 14.8. The van der Waals surface area contributed by atoms with E-state index in [1.54, 1.807) is 60.7 Å². The second-order valence-electron chi connectivity index (χ2n) is 5.24. The predicted octanol–water partition coefficient (Wildman–Crippen LogP) is 5.43. The first-order valence-corrected chi connectivity index (χ1v) is 8.33. The van der Waals surface area contributed by atoms with Crippen molar-refractivity contribution in [3.63, 3.8) is 0 Å². The van der Waals surface area contributed by atoms with Gasteiger partial charge in [-0.1, -0.05) is 35.3 Å². The first-order chi connectivity index (χ1) is 12.5. The van der Waals surface area contributed by atoms with Crippen LogP contribution in [0.4, 0.5) is 0 Å². The van der Waals surface area contributed by atoms with Crippen molar-refractivity contribution in [1.82, 2.24) is 0 Å². The number of halogens is 2. The minimum Gasteiger partial charge on any atom is -0.419 e. The molecule has 0 heterocycles. The maximum Gasteiger partial charge on any atom is 0.343 e. The fourth-order valence-electron chi connectivity index (χ4n) is 2.11. The van der Waals surface area contributed by atoms with Gasteiger partial charge in [0, 0.05) is 10.0 Å². The minimum atomic E-state index is -0.586. The van der Waals surface area contributed by atoms with Crippen molar-refractivity contribution >= 4 is 35.1 Å². The Hall–Kier alpha value is -2.82. The van der Waals surface area contributed by atoms with Crippen molar-refractivity contribution in [1.29, 1.82) is 0 Å². The van der Waals surface area contributed by atoms with Crippen LogP contribution in [-0.2, 0) is 0 Å². The van der Waals surface area contributed by atoms with Gasteiger partial charge in [0.1, 0.15) is 0 Å². The summed E-state index contributed by atoms with van der Waals surface area (Å²) in [7, 11) is 0. The Morgan fingerprint density at radius 2 is 0.923 bits per heavy atom. The average Bonchev–Trinajstić information content (AvgIpc) is 2.64. The summed E-state index contributed by atoms with van der Waals surface area (Å²) in [6.07, 6.45) is 0. The SMILES string of the molecule is O=C(Oc1ccccc1OC(=O)c1ccc(Cl)cc1)c1ccc(Cl)cc1. The van der Waals surface area contributed by atoms with Crippen molar-refractivity contribution in [3.8, 4) is 11.5 Å². The molecule has 3 rings (SSSR count). The molecule has 130 valence electrons. The lowest BCUT2D eigenvalue weighted by Crippen LogP contribution is -2.12. The summed E-state index contributed by atoms with van der Waals surface area (Å²) < 4.78 is 10.7. The molecular weight excluding hydrogens is 375 g/mol. The van der Waals surface area contributed by atoms with E-state index in [0.29, 0.717) is 21.2 Å². The smallest absolute Gasteiger partial charge is 0.343 e. The number of para-hydroxylation sites is 2. The largest absolute Gasteiger partial charge is 0.419 e. The van der Waals surface area contributed by atoms with E-state index in [0.717, 1.165) is 0 Å². The lowest BCUT2D eigenvalue weighted by molar-refractivity contribution is 0.0682. The highest BCUT2D eigenvalue weighted by molar-refractivity contribution is 6.31. The fraction of sp³-hybridized carbons (Fsp3) is 0. The monoisotopic (exact) mass is 386 g/mol. The molecule has 0 saturated heterocycles. The molecule has 0 unspecified atom stereocenters. The van der Waals surface area contributed by atoms with Gasteiger partial charge in [-0.3, -0.25) is 0 Å². The highest BCUT2D eigenvalue weighted by atomic mass is 35.5. The van der Waals surface area contributed by atoms with Crippen molar-refractivity contribution in [2.75, 3.05) is 0 Å². The van der Waals surface area contributed by atoms with Crippen LogP contribution in [0.3, 0.4) is 0 Å². The van der Waals surface area contributed by atoms with Gasteiger partial charge in [-0.05, 0) is 60.7 Å². The molecule has 0 fully saturated rings. The minimum absolute atomic E-state index is 0.134. The molecule has 0 aliphatic carbocycles. The summed E-state index contributed by atoms with van der Waals surface area (Å²) in [6, 6.07) is 19.0. The van der Waals surface area contributed by atoms with Crippen LogP contribution in [0, 0.1) is 0 Å². The lowest BCUT2D eigenvalue weighted by atomic mass is 10.2. The summed E-state index contributed by atoms with van der Waals surface area (Å²) in [5, 5.41) is 1.03. The number of hydrogen-bond donors (Lipinski definition) is 0. The zero-order chi connectivity index (χ0) is 18.5. The van der Waals surface area contributed by atoms with Gasteiger partial charge < -0.3 is 9.47 Å². The third-order valence-corrected chi connectivity index (χ3v) is 3.92. The highest BCUT2D eigenvalue weighted by Crippen LogP contribution is 2.28. The summed E-state index contributed by atoms with van der Waals surface area (Å²) in [5.74, 6) is -0.905. The maximum absolute atomic E-state index is 12.3. The number of ether oxygens (including phenoxy) is 2. The molecule has 0 N–H and O–H groups in total. The molecule has 0 radical (unpaired) electrons. The van der Waals surface area contributed by atoms with Crippen molar-refractivity contribution in [2.45, 2.75) is 0 Å². The Morgan fingerprint density at radius 3 is 1.27 bits per heavy atom. The lowest BCUT2D eigenvalue weighted by Gasteiger charge is -2.10. The standard InChI is InChI=1S/C20H12Cl2O4/c21-15-9-5-13(6-10-15)19(23)25-17-3-1-2-4-18(17)26-20(24)14-7-11-16(22)12-8-14/h1-12H. The van der Waals surface area contributed by atoms with Crippen LogP contribution in [0.5, 0.6) is 11.5 Å². The molecule has 4 nitrogen and oxygen atoms in total. The molecule has 0 spiro atoms. The molecule has 6 heteroatoms. The van der Waals surface area contributed by atoms with E-state index in [1.165, 1.54) is 12.1 Å². The van der Waals surface area contributed by atoms with Crippen molar-refractivity contribution in [2.24, 2.45) is 0 Å². The van der Waals surface area contributed by atoms with Gasteiger partial charge in [-0.25, -0.2) is 9.59 Å². The Balaban J connectivity index is 1.77. The van der Waals surface area contributed by atoms with Crippen LogP contribution >= 0.6 is 23.2 Å². The van der Waals surface area contributed by atoms with E-state index in [1.807, 2.05) is 0 Å². The zero-order valence-electron chi connectivity index (χ0n) is 13.3. The Morgan fingerprint density at radius 1 is 0.577 bits per heavy atom. The number of benzene rings is 3. The van der Waals surface area contributed by atoms with Gasteiger partial charge in [0.25, 0.3) is 0 Å². The van der Waals surface area contributed by atoms with Crippen LogP contribution in [0.2, 0.25) is 10.0 Å². The van der Waals surface area contributed by atoms with Crippen molar-refractivity contribution < 1.29 is 19.1 Å². The van der Waals surface area contributed by atoms with Gasteiger partial charge in [-0.2, -0.15) is 0 Å². The van der Waals surface area contributed by atoms with Crippen LogP contribution in [0.25, 0.3) is 0 Å². The maximum atomic E-state index is 12.3. The van der Waals surface area contributed by atoms with Crippen LogP contribution in [0.15, 0.2) is 72.8 Å². The molecule has 0 amide bonds. The fourth-order valence-corrected chi connectivity index (χ4v) is 2.36. The van der Waals surface area contributed by atoms with Gasteiger partial charge in [0.2, 0.25) is 0 Å². The number of rotatable bonds is 4. The van der Waals surface area contributed by atoms with Gasteiger partial charge >= 0.3 is 11.9 Å². The second kappa shape index (κ2) is 8.04. The Kier molecular flexibility index (Phi) is 5.56. The quantitative estimate of drug-likeness (QED) is 0.442. The molecule has 26 heavy (non-hydrogen) atoms. The molecule has 3 aromatic rings. The van der Waals surface area contributed by atoms with Crippen LogP contribution in [-0.4, -0.2) is 11.9 Å². The van der Waals surface area contributed by atoms with E-state index in [2.05, 4.69) is 0 Å². The highest BCUT2D eigenvalue weighted by Gasteiger charge is 2.15. The molecule has 3 aromatic carbocycles. The van der Waals surface area contributed by atoms with E-state index < -0.39 is 11.9 Å². The Labute approximate surface area is 159 Å². The third kappa shape index (κ3) is 4.42. The molecule has 0 bridgehead atoms. The summed E-state index contributed by atoms with van der Waals surface area (Å²) in [5.41, 5.74) is 0.654. The first kappa shape index (κ1) is 18.0. The second-order valence-corrected chi connectivity index (χ2v) is 6.11. The molecule has 0 aromatic heterocycles. The predicted molar refractivity (Wildman–Crippen MR) is 99.3 cm³/mol. The van der Waals surface area contributed by atoms with E-state index >= 15 is 0 Å². The normalized spacial score (nSPS) is 10.2. The van der Waals surface area contributed by atoms with E-state index in [-0.39, 0.29) is 11.5 Å². The summed E-state index contributed by atoms with van der Waals surface area (Å²) >= 11 is 11.6. The van der Waals surface area contributed by atoms with Crippen molar-refractivity contribution in [3.05, 3.63) is 94.0 Å². The summed E-state index contributed by atoms with van der Waals surface area (Å²) in [4.78, 5) is 24.5. The summed E-state index contributed by atoms with van der Waals surface area (Å²) in [6.45, 7) is 0. The van der Waals surface area contributed by atoms with E-state index in [4.69, 9.17) is 32.7 Å². The number of carbonyl (C=O) groups excluding carboxylic acids is 2. The molecule has 0 aliphatic heterocycles. The van der Waals surface area contributed by atoms with Gasteiger partial charge in [0.15, 0.2) is 11.5 Å². The number of carbonyl (C=O) groups is 2. The molecule has 0 aliphatic rings. The number of esters is 2. The van der Waals surface area contributed by atoms with Crippen LogP contribution < -0.4 is 9.47 Å². The molecular formula is C20H12Cl2O4. The third-order valence-electron chi connectivity index (χ3n) is 3.41. The average molecular weight is 387 g/mol. The molecule has 0 saturated carbocycles. The number of hydrogen-bond acceptors (Lipinski definition) is 4. The Bertz CT molecular complexity index is 856. The van der Waals surface area contributed by atoms with E-state index in [9.17, 15) is 9.59 Å². The first-order valence-electron chi connectivity index (χ1n) is 7.57. The van der Waals surface area contributed by atoms with Gasteiger partial charge in [-0.15, -0.1) is 0 Å². The topological polar surface area (TPSA) is 52.6 Å². The molecule has 0 atom stereocenters.